The lowest BCUT2D eigenvalue weighted by Gasteiger charge is -2.39. The normalized spacial score (nSPS) is 15.8. The number of halogens is 2. The molecular formula is C15H20Cl2N2O2. The Bertz CT molecular complexity index is 528. The fourth-order valence-electron chi connectivity index (χ4n) is 2.28. The van der Waals surface area contributed by atoms with Crippen molar-refractivity contribution >= 4 is 29.2 Å². The fraction of sp³-hybridized carbons (Fsp3) is 0.533. The Labute approximate surface area is 135 Å². The first-order chi connectivity index (χ1) is 9.83. The Morgan fingerprint density at radius 3 is 2.62 bits per heavy atom. The smallest absolute Gasteiger partial charge is 0.317 e. The minimum Gasteiger partial charge on any atom is -0.396 e. The van der Waals surface area contributed by atoms with Crippen LogP contribution in [0.5, 0.6) is 0 Å². The molecule has 116 valence electrons. The van der Waals surface area contributed by atoms with Crippen LogP contribution in [0.25, 0.3) is 0 Å². The molecular weight excluding hydrogens is 311 g/mol. The van der Waals surface area contributed by atoms with Gasteiger partial charge in [-0.2, -0.15) is 0 Å². The molecule has 0 unspecified atom stereocenters. The Kier molecular flexibility index (Phi) is 5.02. The van der Waals surface area contributed by atoms with Crippen molar-refractivity contribution in [1.82, 2.24) is 10.2 Å². The molecule has 0 aromatic heterocycles. The molecule has 0 atom stereocenters. The lowest BCUT2D eigenvalue weighted by atomic mass is 9.84. The third kappa shape index (κ3) is 3.82. The molecule has 21 heavy (non-hydrogen) atoms. The van der Waals surface area contributed by atoms with Crippen molar-refractivity contribution < 1.29 is 9.90 Å². The minimum absolute atomic E-state index is 0.0900. The van der Waals surface area contributed by atoms with Crippen molar-refractivity contribution in [3.8, 4) is 0 Å². The van der Waals surface area contributed by atoms with Gasteiger partial charge in [0.15, 0.2) is 0 Å². The van der Waals surface area contributed by atoms with Crippen molar-refractivity contribution in [3.63, 3.8) is 0 Å². The number of carbonyl (C=O) groups is 1. The summed E-state index contributed by atoms with van der Waals surface area (Å²) in [6.07, 6.45) is 0. The number of carbonyl (C=O) groups excluding carboxylic acids is 1. The maximum atomic E-state index is 12.0. The largest absolute Gasteiger partial charge is 0.396 e. The molecule has 1 aromatic rings. The molecule has 1 aliphatic heterocycles. The molecule has 1 aromatic carbocycles. The number of urea groups is 1. The van der Waals surface area contributed by atoms with Gasteiger partial charge in [-0.05, 0) is 17.7 Å². The average molecular weight is 331 g/mol. The van der Waals surface area contributed by atoms with E-state index in [2.05, 4.69) is 5.32 Å². The number of amides is 2. The van der Waals surface area contributed by atoms with Crippen molar-refractivity contribution in [2.45, 2.75) is 19.3 Å². The highest BCUT2D eigenvalue weighted by Gasteiger charge is 2.31. The summed E-state index contributed by atoms with van der Waals surface area (Å²) >= 11 is 12.0. The summed E-state index contributed by atoms with van der Waals surface area (Å²) in [5.41, 5.74) is 0.777. The molecule has 0 aliphatic carbocycles. The van der Waals surface area contributed by atoms with Crippen LogP contribution in [-0.4, -0.2) is 42.3 Å². The van der Waals surface area contributed by atoms with Gasteiger partial charge >= 0.3 is 6.03 Å². The zero-order valence-electron chi connectivity index (χ0n) is 12.2. The third-order valence-electron chi connectivity index (χ3n) is 3.89. The van der Waals surface area contributed by atoms with Gasteiger partial charge in [0.2, 0.25) is 0 Å². The first-order valence-electron chi connectivity index (χ1n) is 6.92. The van der Waals surface area contributed by atoms with Gasteiger partial charge < -0.3 is 15.3 Å². The van der Waals surface area contributed by atoms with Gasteiger partial charge in [0.1, 0.15) is 0 Å². The summed E-state index contributed by atoms with van der Waals surface area (Å²) in [5.74, 6) is 0.221. The van der Waals surface area contributed by atoms with Crippen molar-refractivity contribution in [2.75, 3.05) is 26.2 Å². The Morgan fingerprint density at radius 1 is 1.38 bits per heavy atom. The predicted molar refractivity (Wildman–Crippen MR) is 85.0 cm³/mol. The Morgan fingerprint density at radius 2 is 2.05 bits per heavy atom. The van der Waals surface area contributed by atoms with Crippen LogP contribution in [0.1, 0.15) is 19.4 Å². The van der Waals surface area contributed by atoms with E-state index in [4.69, 9.17) is 28.3 Å². The van der Waals surface area contributed by atoms with Crippen LogP contribution < -0.4 is 5.32 Å². The van der Waals surface area contributed by atoms with Crippen molar-refractivity contribution in [2.24, 2.45) is 5.92 Å². The van der Waals surface area contributed by atoms with Gasteiger partial charge in [-0.25, -0.2) is 4.79 Å². The number of likely N-dealkylation sites (tertiary alicyclic amines) is 1. The van der Waals surface area contributed by atoms with Crippen LogP contribution in [0.2, 0.25) is 10.0 Å². The molecule has 4 nitrogen and oxygen atoms in total. The second kappa shape index (κ2) is 6.42. The van der Waals surface area contributed by atoms with Crippen LogP contribution in [0, 0.1) is 5.92 Å². The maximum Gasteiger partial charge on any atom is 0.317 e. The number of nitrogens with zero attached hydrogens (tertiary/aromatic N) is 1. The highest BCUT2D eigenvalue weighted by molar-refractivity contribution is 6.42. The van der Waals surface area contributed by atoms with E-state index in [-0.39, 0.29) is 24.0 Å². The number of benzene rings is 1. The van der Waals surface area contributed by atoms with E-state index < -0.39 is 0 Å². The monoisotopic (exact) mass is 330 g/mol. The van der Waals surface area contributed by atoms with Gasteiger partial charge in [-0.3, -0.25) is 0 Å². The van der Waals surface area contributed by atoms with E-state index >= 15 is 0 Å². The molecule has 0 spiro atoms. The third-order valence-corrected chi connectivity index (χ3v) is 4.62. The van der Waals surface area contributed by atoms with Crippen LogP contribution in [0.3, 0.4) is 0 Å². The van der Waals surface area contributed by atoms with E-state index in [1.165, 1.54) is 0 Å². The fourth-order valence-corrected chi connectivity index (χ4v) is 2.58. The molecule has 6 heteroatoms. The number of aliphatic hydroxyl groups excluding tert-OH is 1. The van der Waals surface area contributed by atoms with E-state index in [1.807, 2.05) is 26.0 Å². The lowest BCUT2D eigenvalue weighted by molar-refractivity contribution is 0.0770. The van der Waals surface area contributed by atoms with Crippen molar-refractivity contribution in [1.29, 1.82) is 0 Å². The van der Waals surface area contributed by atoms with Crippen LogP contribution in [0.4, 0.5) is 4.79 Å². The van der Waals surface area contributed by atoms with Crippen LogP contribution in [-0.2, 0) is 5.41 Å². The first-order valence-corrected chi connectivity index (χ1v) is 7.68. The highest BCUT2D eigenvalue weighted by atomic mass is 35.5. The van der Waals surface area contributed by atoms with Crippen LogP contribution >= 0.6 is 23.2 Å². The summed E-state index contributed by atoms with van der Waals surface area (Å²) < 4.78 is 0. The highest BCUT2D eigenvalue weighted by Crippen LogP contribution is 2.29. The van der Waals surface area contributed by atoms with E-state index in [9.17, 15) is 4.79 Å². The first kappa shape index (κ1) is 16.4. The van der Waals surface area contributed by atoms with E-state index in [1.54, 1.807) is 11.0 Å². The molecule has 1 saturated heterocycles. The zero-order chi connectivity index (χ0) is 15.6. The van der Waals surface area contributed by atoms with Gasteiger partial charge in [0, 0.05) is 37.6 Å². The standard InChI is InChI=1S/C15H20Cl2N2O2/c1-15(2,11-3-4-12(16)13(17)5-11)9-18-14(21)19-6-10(7-19)8-20/h3-5,10,20H,6-9H2,1-2H3,(H,18,21). The summed E-state index contributed by atoms with van der Waals surface area (Å²) in [6, 6.07) is 5.44. The van der Waals surface area contributed by atoms with E-state index in [0.717, 1.165) is 5.56 Å². The van der Waals surface area contributed by atoms with Gasteiger partial charge in [-0.1, -0.05) is 43.1 Å². The van der Waals surface area contributed by atoms with E-state index in [0.29, 0.717) is 29.7 Å². The molecule has 1 heterocycles. The molecule has 0 saturated carbocycles. The molecule has 0 bridgehead atoms. The average Bonchev–Trinajstić information content (AvgIpc) is 2.38. The number of hydrogen-bond donors (Lipinski definition) is 2. The van der Waals surface area contributed by atoms with Gasteiger partial charge in [0.05, 0.1) is 10.0 Å². The maximum absolute atomic E-state index is 12.0. The number of hydrogen-bond acceptors (Lipinski definition) is 2. The molecule has 0 radical (unpaired) electrons. The SMILES string of the molecule is CC(C)(CNC(=O)N1CC(CO)C1)c1ccc(Cl)c(Cl)c1. The predicted octanol–water partition coefficient (Wildman–Crippen LogP) is 2.90. The van der Waals surface area contributed by atoms with Crippen LogP contribution in [0.15, 0.2) is 18.2 Å². The van der Waals surface area contributed by atoms with Gasteiger partial charge in [0.25, 0.3) is 0 Å². The number of nitrogens with one attached hydrogen (secondary N) is 1. The number of aliphatic hydroxyl groups is 1. The lowest BCUT2D eigenvalue weighted by Crippen LogP contribution is -2.56. The second-order valence-electron chi connectivity index (χ2n) is 6.13. The molecule has 2 N–H and O–H groups in total. The molecule has 1 aliphatic rings. The minimum atomic E-state index is -0.245. The Balaban J connectivity index is 1.91. The summed E-state index contributed by atoms with van der Waals surface area (Å²) in [4.78, 5) is 13.7. The Hall–Kier alpha value is -0.970. The summed E-state index contributed by atoms with van der Waals surface area (Å²) in [7, 11) is 0. The molecule has 1 fully saturated rings. The summed E-state index contributed by atoms with van der Waals surface area (Å²) in [5, 5.41) is 12.9. The second-order valence-corrected chi connectivity index (χ2v) is 6.94. The zero-order valence-corrected chi connectivity index (χ0v) is 13.7. The quantitative estimate of drug-likeness (QED) is 0.891. The summed E-state index contributed by atoms with van der Waals surface area (Å²) in [6.45, 7) is 5.96. The molecule has 2 rings (SSSR count). The van der Waals surface area contributed by atoms with Gasteiger partial charge in [-0.15, -0.1) is 0 Å². The molecule has 2 amide bonds. The number of rotatable bonds is 4. The topological polar surface area (TPSA) is 52.6 Å². The van der Waals surface area contributed by atoms with Crippen molar-refractivity contribution in [3.05, 3.63) is 33.8 Å².